The lowest BCUT2D eigenvalue weighted by Crippen LogP contribution is -2.55. The molecule has 0 fully saturated rings. The second-order valence-electron chi connectivity index (χ2n) is 6.02. The van der Waals surface area contributed by atoms with Crippen molar-refractivity contribution in [3.63, 3.8) is 0 Å². The summed E-state index contributed by atoms with van der Waals surface area (Å²) in [4.78, 5) is 38.3. The number of hydrogen-bond donors (Lipinski definition) is 0. The molecule has 0 saturated heterocycles. The molecule has 0 aliphatic rings. The molecule has 1 aromatic heterocycles. The third-order valence-electron chi connectivity index (χ3n) is 3.99. The van der Waals surface area contributed by atoms with Crippen molar-refractivity contribution in [1.82, 2.24) is 13.7 Å². The van der Waals surface area contributed by atoms with Crippen LogP contribution in [-0.4, -0.2) is 48.7 Å². The summed E-state index contributed by atoms with van der Waals surface area (Å²) in [6.45, 7) is 5.45. The average molecular weight is 478 g/mol. The molecule has 0 unspecified atom stereocenters. The number of rotatable bonds is 12. The Balaban J connectivity index is 3.20. The minimum atomic E-state index is -0.747. The van der Waals surface area contributed by atoms with Gasteiger partial charge in [-0.3, -0.25) is 0 Å². The minimum absolute atomic E-state index is 0.0346. The van der Waals surface area contributed by atoms with Gasteiger partial charge in [0, 0.05) is 19.3 Å². The van der Waals surface area contributed by atoms with Gasteiger partial charge in [0.1, 0.15) is 19.8 Å². The van der Waals surface area contributed by atoms with E-state index < -0.39 is 17.1 Å². The zero-order chi connectivity index (χ0) is 22.7. The molecule has 9 nitrogen and oxygen atoms in total. The van der Waals surface area contributed by atoms with E-state index in [0.717, 1.165) is 13.7 Å². The van der Waals surface area contributed by atoms with Crippen LogP contribution in [0.4, 0.5) is 0 Å². The van der Waals surface area contributed by atoms with E-state index in [-0.39, 0.29) is 39.5 Å². The Bertz CT molecular complexity index is 785. The Morgan fingerprint density at radius 1 is 0.600 bits per heavy atom. The summed E-state index contributed by atoms with van der Waals surface area (Å²) in [6, 6.07) is 0. The van der Waals surface area contributed by atoms with Gasteiger partial charge in [0.25, 0.3) is 0 Å². The molecular weight excluding hydrogens is 450 g/mol. The monoisotopic (exact) mass is 477 g/mol. The van der Waals surface area contributed by atoms with E-state index in [2.05, 4.69) is 0 Å². The van der Waals surface area contributed by atoms with Crippen molar-refractivity contribution in [3.05, 3.63) is 31.5 Å². The molecule has 0 amide bonds. The zero-order valence-corrected chi connectivity index (χ0v) is 19.8. The largest absolute Gasteiger partial charge is 0.485 e. The lowest BCUT2D eigenvalue weighted by Gasteiger charge is -2.15. The van der Waals surface area contributed by atoms with Crippen molar-refractivity contribution in [2.45, 2.75) is 59.7 Å². The van der Waals surface area contributed by atoms with Crippen molar-refractivity contribution >= 4 is 51.8 Å². The quantitative estimate of drug-likeness (QED) is 0.415. The molecule has 0 bridgehead atoms. The van der Waals surface area contributed by atoms with E-state index in [1.54, 1.807) is 0 Å². The average Bonchev–Trinajstić information content (AvgIpc) is 2.74. The minimum Gasteiger partial charge on any atom is -0.485 e. The van der Waals surface area contributed by atoms with E-state index in [0.29, 0.717) is 34.4 Å². The molecule has 0 atom stereocenters. The van der Waals surface area contributed by atoms with E-state index in [1.165, 1.54) is 0 Å². The fraction of sp³-hybridized carbons (Fsp3) is 0.667. The highest BCUT2D eigenvalue weighted by atomic mass is 32.1. The van der Waals surface area contributed by atoms with Gasteiger partial charge in [0.15, 0.2) is 15.2 Å². The smallest absolute Gasteiger partial charge is 0.336 e. The summed E-state index contributed by atoms with van der Waals surface area (Å²) >= 11 is 15.0. The van der Waals surface area contributed by atoms with Crippen LogP contribution >= 0.6 is 36.7 Å². The topological polar surface area (TPSA) is 93.7 Å². The van der Waals surface area contributed by atoms with Gasteiger partial charge in [-0.1, -0.05) is 20.8 Å². The highest BCUT2D eigenvalue weighted by Gasteiger charge is 2.16. The number of thiocarbonyl (C=S) groups is 3. The van der Waals surface area contributed by atoms with Crippen LogP contribution in [0.3, 0.4) is 0 Å². The fourth-order valence-electron chi connectivity index (χ4n) is 2.31. The Hall–Kier alpha value is -1.92. The Morgan fingerprint density at radius 2 is 0.833 bits per heavy atom. The van der Waals surface area contributed by atoms with Crippen molar-refractivity contribution < 1.29 is 14.2 Å². The normalized spacial score (nSPS) is 10.5. The van der Waals surface area contributed by atoms with Gasteiger partial charge in [-0.05, 0) is 36.7 Å². The fourth-order valence-corrected chi connectivity index (χ4v) is 2.56. The van der Waals surface area contributed by atoms with Crippen LogP contribution in [0.15, 0.2) is 14.4 Å². The third kappa shape index (κ3) is 7.73. The first-order valence-corrected chi connectivity index (χ1v) is 10.9. The standard InChI is InChI=1S/C18H27N3O6S3/c1-4-13(28)25-10-7-19-16(22)20(8-11-26-14(29)5-2)18(24)21(17(19)23)9-12-27-15(30)6-3/h4-12H2,1-3H3. The van der Waals surface area contributed by atoms with Crippen LogP contribution in [-0.2, 0) is 33.8 Å². The van der Waals surface area contributed by atoms with Crippen LogP contribution in [0, 0.1) is 0 Å². The van der Waals surface area contributed by atoms with Crippen LogP contribution < -0.4 is 17.1 Å². The number of hydrogen-bond acceptors (Lipinski definition) is 9. The molecule has 30 heavy (non-hydrogen) atoms. The molecule has 0 aliphatic carbocycles. The highest BCUT2D eigenvalue weighted by molar-refractivity contribution is 7.80. The third-order valence-corrected chi connectivity index (χ3v) is 5.20. The van der Waals surface area contributed by atoms with E-state index in [1.807, 2.05) is 20.8 Å². The maximum Gasteiger partial charge on any atom is 0.336 e. The molecule has 168 valence electrons. The summed E-state index contributed by atoms with van der Waals surface area (Å²) in [7, 11) is 0. The molecule has 0 radical (unpaired) electrons. The molecule has 1 aromatic rings. The first kappa shape index (κ1) is 26.1. The van der Waals surface area contributed by atoms with Crippen LogP contribution in [0.25, 0.3) is 0 Å². The van der Waals surface area contributed by atoms with Gasteiger partial charge >= 0.3 is 17.1 Å². The highest BCUT2D eigenvalue weighted by Crippen LogP contribution is 1.92. The van der Waals surface area contributed by atoms with Crippen molar-refractivity contribution in [1.29, 1.82) is 0 Å². The second-order valence-corrected chi connectivity index (χ2v) is 7.39. The Kier molecular flexibility index (Phi) is 11.7. The van der Waals surface area contributed by atoms with Crippen LogP contribution in [0.2, 0.25) is 0 Å². The molecule has 0 aromatic carbocycles. The predicted octanol–water partition coefficient (Wildman–Crippen LogP) is 1.43. The number of aromatic nitrogens is 3. The number of ether oxygens (including phenoxy) is 3. The summed E-state index contributed by atoms with van der Waals surface area (Å²) < 4.78 is 18.8. The molecule has 0 spiro atoms. The van der Waals surface area contributed by atoms with Crippen LogP contribution in [0.5, 0.6) is 0 Å². The van der Waals surface area contributed by atoms with Gasteiger partial charge in [-0.25, -0.2) is 28.1 Å². The Labute approximate surface area is 190 Å². The summed E-state index contributed by atoms with van der Waals surface area (Å²) in [5.41, 5.74) is -2.24. The van der Waals surface area contributed by atoms with Crippen molar-refractivity contribution in [3.8, 4) is 0 Å². The maximum absolute atomic E-state index is 12.8. The van der Waals surface area contributed by atoms with E-state index in [9.17, 15) is 14.4 Å². The molecule has 1 heterocycles. The first-order valence-electron chi connectivity index (χ1n) is 9.68. The van der Waals surface area contributed by atoms with Gasteiger partial charge in [0.2, 0.25) is 0 Å². The zero-order valence-electron chi connectivity index (χ0n) is 17.4. The van der Waals surface area contributed by atoms with Crippen molar-refractivity contribution in [2.24, 2.45) is 0 Å². The summed E-state index contributed by atoms with van der Waals surface area (Å²) in [6.07, 6.45) is 1.62. The van der Waals surface area contributed by atoms with Crippen molar-refractivity contribution in [2.75, 3.05) is 19.8 Å². The Morgan fingerprint density at radius 3 is 1.03 bits per heavy atom. The van der Waals surface area contributed by atoms with Gasteiger partial charge in [-0.15, -0.1) is 0 Å². The SMILES string of the molecule is CCC(=S)OCCn1c(=O)n(CCOC(=S)CC)c(=O)n(CCOC(=S)CC)c1=O. The molecule has 0 N–H and O–H groups in total. The second kappa shape index (κ2) is 13.4. The molecule has 0 aliphatic heterocycles. The van der Waals surface area contributed by atoms with Gasteiger partial charge < -0.3 is 14.2 Å². The maximum atomic E-state index is 12.8. The lowest BCUT2D eigenvalue weighted by atomic mass is 10.5. The summed E-state index contributed by atoms with van der Waals surface area (Å²) in [5.74, 6) is 0. The molecule has 12 heteroatoms. The molecular formula is C18H27N3O6S3. The van der Waals surface area contributed by atoms with Gasteiger partial charge in [-0.2, -0.15) is 0 Å². The molecule has 0 saturated carbocycles. The van der Waals surface area contributed by atoms with Crippen LogP contribution in [0.1, 0.15) is 40.0 Å². The van der Waals surface area contributed by atoms with E-state index >= 15 is 0 Å². The van der Waals surface area contributed by atoms with Gasteiger partial charge in [0.05, 0.1) is 19.6 Å². The first-order chi connectivity index (χ1) is 14.3. The predicted molar refractivity (Wildman–Crippen MR) is 126 cm³/mol. The number of nitrogens with zero attached hydrogens (tertiary/aromatic N) is 3. The molecule has 1 rings (SSSR count). The summed E-state index contributed by atoms with van der Waals surface area (Å²) in [5, 5.41) is 1.12. The van der Waals surface area contributed by atoms with E-state index in [4.69, 9.17) is 50.9 Å². The lowest BCUT2D eigenvalue weighted by molar-refractivity contribution is 0.249.